The quantitative estimate of drug-likeness (QED) is 0.883. The Morgan fingerprint density at radius 3 is 2.96 bits per heavy atom. The summed E-state index contributed by atoms with van der Waals surface area (Å²) in [5.41, 5.74) is 0.650. The van der Waals surface area contributed by atoms with Crippen molar-refractivity contribution in [2.24, 2.45) is 5.92 Å². The van der Waals surface area contributed by atoms with Crippen molar-refractivity contribution in [1.82, 2.24) is 14.9 Å². The van der Waals surface area contributed by atoms with Gasteiger partial charge in [0.05, 0.1) is 6.10 Å². The van der Waals surface area contributed by atoms with Crippen LogP contribution in [0.15, 0.2) is 36.7 Å². The van der Waals surface area contributed by atoms with Crippen molar-refractivity contribution < 1.29 is 14.3 Å². The summed E-state index contributed by atoms with van der Waals surface area (Å²) in [6.45, 7) is 2.68. The highest BCUT2D eigenvalue weighted by Gasteiger charge is 2.26. The zero-order valence-electron chi connectivity index (χ0n) is 13.7. The van der Waals surface area contributed by atoms with Gasteiger partial charge >= 0.3 is 0 Å². The van der Waals surface area contributed by atoms with Gasteiger partial charge in [-0.15, -0.1) is 0 Å². The third kappa shape index (κ3) is 3.82. The molecule has 0 fully saturated rings. The number of nitrogens with one attached hydrogen (secondary N) is 1. The summed E-state index contributed by atoms with van der Waals surface area (Å²) in [5.74, 6) is 0.539. The van der Waals surface area contributed by atoms with E-state index in [0.717, 1.165) is 18.8 Å². The monoisotopic (exact) mass is 331 g/mol. The number of fused-ring (bicyclic) bond motifs is 1. The second kappa shape index (κ2) is 7.13. The maximum Gasteiger partial charge on any atom is 0.223 e. The molecule has 1 amide bonds. The molecule has 3 atom stereocenters. The van der Waals surface area contributed by atoms with E-state index in [9.17, 15) is 14.3 Å². The van der Waals surface area contributed by atoms with Crippen LogP contribution in [0.3, 0.4) is 0 Å². The van der Waals surface area contributed by atoms with Gasteiger partial charge < -0.3 is 15.0 Å². The second-order valence-corrected chi connectivity index (χ2v) is 6.44. The smallest absolute Gasteiger partial charge is 0.223 e. The second-order valence-electron chi connectivity index (χ2n) is 6.44. The first-order valence-electron chi connectivity index (χ1n) is 8.27. The number of imidazole rings is 1. The Bertz CT molecular complexity index is 699. The van der Waals surface area contributed by atoms with Crippen molar-refractivity contribution >= 4 is 5.91 Å². The van der Waals surface area contributed by atoms with Gasteiger partial charge in [-0.05, 0) is 37.5 Å². The van der Waals surface area contributed by atoms with E-state index in [1.54, 1.807) is 18.3 Å². The molecule has 0 radical (unpaired) electrons. The van der Waals surface area contributed by atoms with E-state index in [2.05, 4.69) is 14.9 Å². The number of halogens is 1. The SMILES string of the molecule is CC(CC(O)c1ccc(F)cc1)NC(=O)C1CCn2ccnc2C1. The number of hydrogen-bond acceptors (Lipinski definition) is 3. The first kappa shape index (κ1) is 16.6. The van der Waals surface area contributed by atoms with Gasteiger partial charge in [0.2, 0.25) is 5.91 Å². The number of aliphatic hydroxyl groups is 1. The lowest BCUT2D eigenvalue weighted by molar-refractivity contribution is -0.126. The lowest BCUT2D eigenvalue weighted by Gasteiger charge is -2.25. The van der Waals surface area contributed by atoms with E-state index in [0.29, 0.717) is 18.4 Å². The van der Waals surface area contributed by atoms with Crippen LogP contribution in [0.1, 0.15) is 37.3 Å². The summed E-state index contributed by atoms with van der Waals surface area (Å²) < 4.78 is 15.0. The zero-order valence-corrected chi connectivity index (χ0v) is 13.7. The molecule has 0 aliphatic carbocycles. The van der Waals surface area contributed by atoms with Gasteiger partial charge in [0, 0.05) is 37.3 Å². The Morgan fingerprint density at radius 1 is 1.46 bits per heavy atom. The average Bonchev–Trinajstić information content (AvgIpc) is 3.02. The molecular formula is C18H22FN3O2. The Balaban J connectivity index is 1.52. The minimum absolute atomic E-state index is 0.00283. The van der Waals surface area contributed by atoms with E-state index in [-0.39, 0.29) is 23.7 Å². The Hall–Kier alpha value is -2.21. The molecule has 2 heterocycles. The van der Waals surface area contributed by atoms with Gasteiger partial charge in [-0.25, -0.2) is 9.37 Å². The molecule has 3 rings (SSSR count). The molecule has 0 saturated carbocycles. The van der Waals surface area contributed by atoms with Crippen LogP contribution in [0.5, 0.6) is 0 Å². The van der Waals surface area contributed by atoms with Crippen LogP contribution in [0, 0.1) is 11.7 Å². The number of amides is 1. The van der Waals surface area contributed by atoms with Crippen LogP contribution in [0.25, 0.3) is 0 Å². The van der Waals surface area contributed by atoms with Crippen LogP contribution in [-0.2, 0) is 17.8 Å². The summed E-state index contributed by atoms with van der Waals surface area (Å²) in [4.78, 5) is 16.7. The maximum absolute atomic E-state index is 12.9. The number of aliphatic hydroxyl groups excluding tert-OH is 1. The molecule has 0 spiro atoms. The lowest BCUT2D eigenvalue weighted by Crippen LogP contribution is -2.40. The molecule has 1 aliphatic heterocycles. The Kier molecular flexibility index (Phi) is 4.94. The van der Waals surface area contributed by atoms with Crippen molar-refractivity contribution in [2.75, 3.05) is 0 Å². The van der Waals surface area contributed by atoms with E-state index in [1.807, 2.05) is 13.1 Å². The fourth-order valence-electron chi connectivity index (χ4n) is 3.15. The van der Waals surface area contributed by atoms with E-state index >= 15 is 0 Å². The third-order valence-corrected chi connectivity index (χ3v) is 4.54. The van der Waals surface area contributed by atoms with Gasteiger partial charge in [0.25, 0.3) is 0 Å². The predicted octanol–water partition coefficient (Wildman–Crippen LogP) is 2.21. The first-order chi connectivity index (χ1) is 11.5. The third-order valence-electron chi connectivity index (χ3n) is 4.54. The summed E-state index contributed by atoms with van der Waals surface area (Å²) in [7, 11) is 0. The zero-order chi connectivity index (χ0) is 17.1. The van der Waals surface area contributed by atoms with Crippen LogP contribution in [0.4, 0.5) is 4.39 Å². The van der Waals surface area contributed by atoms with Gasteiger partial charge in [0.15, 0.2) is 0 Å². The Morgan fingerprint density at radius 2 is 2.21 bits per heavy atom. The molecule has 24 heavy (non-hydrogen) atoms. The van der Waals surface area contributed by atoms with E-state index in [1.165, 1.54) is 12.1 Å². The number of aromatic nitrogens is 2. The highest BCUT2D eigenvalue weighted by atomic mass is 19.1. The standard InChI is InChI=1S/C18H22FN3O2/c1-12(10-16(23)13-2-4-15(19)5-3-13)21-18(24)14-6-8-22-9-7-20-17(22)11-14/h2-5,7,9,12,14,16,23H,6,8,10-11H2,1H3,(H,21,24). The van der Waals surface area contributed by atoms with Gasteiger partial charge in [-0.3, -0.25) is 4.79 Å². The molecular weight excluding hydrogens is 309 g/mol. The van der Waals surface area contributed by atoms with Crippen LogP contribution in [0.2, 0.25) is 0 Å². The largest absolute Gasteiger partial charge is 0.388 e. The number of carbonyl (C=O) groups is 1. The number of rotatable bonds is 5. The summed E-state index contributed by atoms with van der Waals surface area (Å²) in [6.07, 6.45) is 4.79. The van der Waals surface area contributed by atoms with Crippen molar-refractivity contribution in [3.63, 3.8) is 0 Å². The van der Waals surface area contributed by atoms with Gasteiger partial charge in [-0.2, -0.15) is 0 Å². The molecule has 1 aromatic carbocycles. The van der Waals surface area contributed by atoms with Gasteiger partial charge in [0.1, 0.15) is 11.6 Å². The molecule has 128 valence electrons. The summed E-state index contributed by atoms with van der Waals surface area (Å²) in [6, 6.07) is 5.61. The number of nitrogens with zero attached hydrogens (tertiary/aromatic N) is 2. The molecule has 3 unspecified atom stereocenters. The molecule has 0 bridgehead atoms. The number of carbonyl (C=O) groups excluding carboxylic acids is 1. The lowest BCUT2D eigenvalue weighted by atomic mass is 9.96. The first-order valence-corrected chi connectivity index (χ1v) is 8.27. The average molecular weight is 331 g/mol. The van der Waals surface area contributed by atoms with E-state index in [4.69, 9.17) is 0 Å². The van der Waals surface area contributed by atoms with Crippen LogP contribution >= 0.6 is 0 Å². The maximum atomic E-state index is 12.9. The molecule has 2 N–H and O–H groups in total. The molecule has 1 aromatic heterocycles. The molecule has 0 saturated heterocycles. The van der Waals surface area contributed by atoms with E-state index < -0.39 is 6.10 Å². The van der Waals surface area contributed by atoms with Crippen LogP contribution in [-0.4, -0.2) is 26.6 Å². The number of aryl methyl sites for hydroxylation is 1. The van der Waals surface area contributed by atoms with Crippen molar-refractivity contribution in [2.45, 2.75) is 44.9 Å². The number of hydrogen-bond donors (Lipinski definition) is 2. The highest BCUT2D eigenvalue weighted by Crippen LogP contribution is 2.21. The minimum atomic E-state index is -0.730. The topological polar surface area (TPSA) is 67.2 Å². The van der Waals surface area contributed by atoms with Crippen molar-refractivity contribution in [1.29, 1.82) is 0 Å². The Labute approximate surface area is 140 Å². The number of benzene rings is 1. The molecule has 2 aromatic rings. The van der Waals surface area contributed by atoms with Crippen molar-refractivity contribution in [3.8, 4) is 0 Å². The summed E-state index contributed by atoms with van der Waals surface area (Å²) >= 11 is 0. The fraction of sp³-hybridized carbons (Fsp3) is 0.444. The summed E-state index contributed by atoms with van der Waals surface area (Å²) in [5, 5.41) is 13.2. The minimum Gasteiger partial charge on any atom is -0.388 e. The highest BCUT2D eigenvalue weighted by molar-refractivity contribution is 5.79. The normalized spacial score (nSPS) is 19.4. The molecule has 5 nitrogen and oxygen atoms in total. The van der Waals surface area contributed by atoms with Crippen LogP contribution < -0.4 is 5.32 Å². The fourth-order valence-corrected chi connectivity index (χ4v) is 3.15. The van der Waals surface area contributed by atoms with Gasteiger partial charge in [-0.1, -0.05) is 12.1 Å². The molecule has 1 aliphatic rings. The van der Waals surface area contributed by atoms with Crippen molar-refractivity contribution in [3.05, 3.63) is 53.9 Å². The predicted molar refractivity (Wildman–Crippen MR) is 87.6 cm³/mol. The molecule has 6 heteroatoms.